The van der Waals surface area contributed by atoms with Gasteiger partial charge in [-0.2, -0.15) is 0 Å². The van der Waals surface area contributed by atoms with Crippen LogP contribution < -0.4 is 0 Å². The number of hydrogen-bond donors (Lipinski definition) is 2. The molecule has 2 aromatic carbocycles. The van der Waals surface area contributed by atoms with Gasteiger partial charge in [-0.3, -0.25) is 0 Å². The van der Waals surface area contributed by atoms with E-state index in [0.717, 1.165) is 6.42 Å². The van der Waals surface area contributed by atoms with Crippen molar-refractivity contribution < 1.29 is 0 Å². The van der Waals surface area contributed by atoms with Crippen LogP contribution in [0.4, 0.5) is 0 Å². The van der Waals surface area contributed by atoms with Gasteiger partial charge in [-0.15, -0.1) is 0 Å². The van der Waals surface area contributed by atoms with Crippen LogP contribution in [0.15, 0.2) is 54.9 Å². The van der Waals surface area contributed by atoms with Gasteiger partial charge in [0.15, 0.2) is 0 Å². The van der Waals surface area contributed by atoms with E-state index >= 15 is 0 Å². The number of nitrogens with one attached hydrogen (secondary N) is 2. The van der Waals surface area contributed by atoms with Gasteiger partial charge in [-0.25, -0.2) is 0 Å². The Morgan fingerprint density at radius 2 is 1.50 bits per heavy atom. The predicted octanol–water partition coefficient (Wildman–Crippen LogP) is 6.47. The monoisotopic (exact) mass is 344 g/mol. The summed E-state index contributed by atoms with van der Waals surface area (Å²) in [6.45, 7) is 11.7. The lowest BCUT2D eigenvalue weighted by Crippen LogP contribution is -2.23. The van der Waals surface area contributed by atoms with Crippen molar-refractivity contribution in [3.8, 4) is 0 Å². The first-order valence-electron chi connectivity index (χ1n) is 9.43. The van der Waals surface area contributed by atoms with Crippen LogP contribution in [0.5, 0.6) is 0 Å². The third-order valence-electron chi connectivity index (χ3n) is 5.52. The summed E-state index contributed by atoms with van der Waals surface area (Å²) in [7, 11) is 0. The van der Waals surface area contributed by atoms with Crippen molar-refractivity contribution in [1.29, 1.82) is 0 Å². The molecule has 2 aromatic heterocycles. The molecule has 26 heavy (non-hydrogen) atoms. The van der Waals surface area contributed by atoms with Crippen LogP contribution >= 0.6 is 0 Å². The molecule has 0 spiro atoms. The molecule has 0 atom stereocenters. The molecule has 0 radical (unpaired) electrons. The van der Waals surface area contributed by atoms with Crippen molar-refractivity contribution in [2.24, 2.45) is 0 Å². The molecule has 0 amide bonds. The van der Waals surface area contributed by atoms with E-state index in [2.05, 4.69) is 99.4 Å². The van der Waals surface area contributed by atoms with Crippen LogP contribution in [-0.4, -0.2) is 9.97 Å². The molecule has 134 valence electrons. The van der Waals surface area contributed by atoms with Gasteiger partial charge < -0.3 is 9.97 Å². The highest BCUT2D eigenvalue weighted by Gasteiger charge is 2.28. The Morgan fingerprint density at radius 3 is 2.27 bits per heavy atom. The van der Waals surface area contributed by atoms with E-state index in [0.29, 0.717) is 0 Å². The van der Waals surface area contributed by atoms with E-state index in [1.165, 1.54) is 38.5 Å². The topological polar surface area (TPSA) is 31.6 Å². The standard InChI is InChI=1S/C24H28N2/c1-23(2,3)22-16(10-11-21-18(22)12-13-25-21)14-24(4,5)19-15-26-20-9-7-6-8-17(19)20/h6-13,15,25-26H,14H2,1-5H3. The fourth-order valence-corrected chi connectivity index (χ4v) is 4.41. The Labute approximate surface area is 155 Å². The number of benzene rings is 2. The Bertz CT molecular complexity index is 1070. The van der Waals surface area contributed by atoms with Gasteiger partial charge >= 0.3 is 0 Å². The van der Waals surface area contributed by atoms with Crippen LogP contribution in [-0.2, 0) is 17.3 Å². The smallest absolute Gasteiger partial charge is 0.0457 e. The van der Waals surface area contributed by atoms with Gasteiger partial charge in [0, 0.05) is 34.2 Å². The minimum Gasteiger partial charge on any atom is -0.361 e. The summed E-state index contributed by atoms with van der Waals surface area (Å²) in [6.07, 6.45) is 5.26. The number of para-hydroxylation sites is 1. The second kappa shape index (κ2) is 5.77. The van der Waals surface area contributed by atoms with E-state index in [1.54, 1.807) is 0 Å². The van der Waals surface area contributed by atoms with Gasteiger partial charge in [-0.05, 0) is 52.1 Å². The zero-order valence-electron chi connectivity index (χ0n) is 16.4. The molecule has 4 rings (SSSR count). The summed E-state index contributed by atoms with van der Waals surface area (Å²) in [5.41, 5.74) is 6.89. The van der Waals surface area contributed by atoms with Crippen LogP contribution in [0, 0.1) is 0 Å². The lowest BCUT2D eigenvalue weighted by atomic mass is 9.74. The van der Waals surface area contributed by atoms with Crippen LogP contribution in [0.25, 0.3) is 21.8 Å². The summed E-state index contributed by atoms with van der Waals surface area (Å²) in [5, 5.41) is 2.68. The summed E-state index contributed by atoms with van der Waals surface area (Å²) in [5.74, 6) is 0. The number of aromatic nitrogens is 2. The zero-order valence-corrected chi connectivity index (χ0v) is 16.4. The molecule has 0 aliphatic heterocycles. The van der Waals surface area contributed by atoms with Crippen molar-refractivity contribution in [2.75, 3.05) is 0 Å². The van der Waals surface area contributed by atoms with E-state index in [-0.39, 0.29) is 10.8 Å². The van der Waals surface area contributed by atoms with Gasteiger partial charge in [0.1, 0.15) is 0 Å². The number of hydrogen-bond acceptors (Lipinski definition) is 0. The predicted molar refractivity (Wildman–Crippen MR) is 112 cm³/mol. The van der Waals surface area contributed by atoms with Crippen molar-refractivity contribution in [3.63, 3.8) is 0 Å². The molecule has 0 aliphatic rings. The molecule has 0 fully saturated rings. The Hall–Kier alpha value is -2.48. The molecular formula is C24H28N2. The lowest BCUT2D eigenvalue weighted by molar-refractivity contribution is 0.512. The number of rotatable bonds is 3. The molecule has 2 N–H and O–H groups in total. The van der Waals surface area contributed by atoms with E-state index in [9.17, 15) is 0 Å². The third-order valence-corrected chi connectivity index (χ3v) is 5.52. The van der Waals surface area contributed by atoms with Crippen LogP contribution in [0.2, 0.25) is 0 Å². The van der Waals surface area contributed by atoms with Crippen molar-refractivity contribution in [2.45, 2.75) is 51.9 Å². The Morgan fingerprint density at radius 1 is 0.769 bits per heavy atom. The van der Waals surface area contributed by atoms with Crippen molar-refractivity contribution in [3.05, 3.63) is 71.5 Å². The minimum absolute atomic E-state index is 0.0452. The average molecular weight is 345 g/mol. The van der Waals surface area contributed by atoms with Gasteiger partial charge in [0.25, 0.3) is 0 Å². The second-order valence-electron chi connectivity index (χ2n) is 9.10. The zero-order chi connectivity index (χ0) is 18.5. The van der Waals surface area contributed by atoms with Crippen LogP contribution in [0.1, 0.15) is 51.3 Å². The SMILES string of the molecule is CC(C)(C)c1c(CC(C)(C)c2c[nH]c3ccccc23)ccc2[nH]ccc12. The normalized spacial score (nSPS) is 13.0. The molecule has 0 unspecified atom stereocenters. The fraction of sp³-hybridized carbons (Fsp3) is 0.333. The van der Waals surface area contributed by atoms with Gasteiger partial charge in [-0.1, -0.05) is 58.9 Å². The Kier molecular flexibility index (Phi) is 3.76. The maximum atomic E-state index is 3.45. The molecule has 0 aliphatic carbocycles. The molecule has 4 aromatic rings. The maximum Gasteiger partial charge on any atom is 0.0457 e. The van der Waals surface area contributed by atoms with Gasteiger partial charge in [0.2, 0.25) is 0 Å². The lowest BCUT2D eigenvalue weighted by Gasteiger charge is -2.30. The second-order valence-corrected chi connectivity index (χ2v) is 9.10. The number of H-pyrrole nitrogens is 2. The third kappa shape index (κ3) is 2.74. The highest BCUT2D eigenvalue weighted by Crippen LogP contribution is 2.38. The average Bonchev–Trinajstić information content (AvgIpc) is 3.19. The highest BCUT2D eigenvalue weighted by atomic mass is 14.7. The largest absolute Gasteiger partial charge is 0.361 e. The summed E-state index contributed by atoms with van der Waals surface area (Å²) in [4.78, 5) is 6.81. The summed E-state index contributed by atoms with van der Waals surface area (Å²) < 4.78 is 0. The van der Waals surface area contributed by atoms with E-state index in [4.69, 9.17) is 0 Å². The Balaban J connectivity index is 1.84. The van der Waals surface area contributed by atoms with E-state index < -0.39 is 0 Å². The number of fused-ring (bicyclic) bond motifs is 2. The highest BCUT2D eigenvalue weighted by molar-refractivity contribution is 5.86. The first kappa shape index (κ1) is 17.0. The molecule has 0 saturated heterocycles. The minimum atomic E-state index is 0.0452. The first-order chi connectivity index (χ1) is 12.3. The molecule has 2 nitrogen and oxygen atoms in total. The number of aromatic amines is 2. The van der Waals surface area contributed by atoms with Gasteiger partial charge in [0.05, 0.1) is 0 Å². The van der Waals surface area contributed by atoms with Crippen molar-refractivity contribution >= 4 is 21.8 Å². The first-order valence-corrected chi connectivity index (χ1v) is 9.43. The molecular weight excluding hydrogens is 316 g/mol. The molecule has 0 saturated carbocycles. The quantitative estimate of drug-likeness (QED) is 0.427. The summed E-state index contributed by atoms with van der Waals surface area (Å²) in [6, 6.07) is 15.4. The van der Waals surface area contributed by atoms with Crippen LogP contribution in [0.3, 0.4) is 0 Å². The maximum absolute atomic E-state index is 3.45. The molecule has 0 bridgehead atoms. The fourth-order valence-electron chi connectivity index (χ4n) is 4.41. The van der Waals surface area contributed by atoms with E-state index in [1.807, 2.05) is 0 Å². The molecule has 2 heterocycles. The molecule has 2 heteroatoms. The summed E-state index contributed by atoms with van der Waals surface area (Å²) >= 11 is 0. The van der Waals surface area contributed by atoms with Crippen molar-refractivity contribution in [1.82, 2.24) is 9.97 Å².